The molecule has 3 aromatic carbocycles. The molecule has 0 aliphatic heterocycles. The highest BCUT2D eigenvalue weighted by atomic mass is 32.2. The molecule has 0 saturated carbocycles. The zero-order chi connectivity index (χ0) is 23.0. The minimum Gasteiger partial charge on any atom is -0.508 e. The van der Waals surface area contributed by atoms with Crippen LogP contribution in [-0.4, -0.2) is 44.4 Å². The lowest BCUT2D eigenvalue weighted by Gasteiger charge is -2.13. The van der Waals surface area contributed by atoms with Crippen LogP contribution in [0.1, 0.15) is 5.56 Å². The molecule has 3 aromatic rings. The van der Waals surface area contributed by atoms with Gasteiger partial charge in [-0.15, -0.1) is 0 Å². The van der Waals surface area contributed by atoms with Gasteiger partial charge in [0.2, 0.25) is 0 Å². The molecule has 1 unspecified atom stereocenters. The summed E-state index contributed by atoms with van der Waals surface area (Å²) < 4.78 is 32.9. The lowest BCUT2D eigenvalue weighted by atomic mass is 10.1. The van der Waals surface area contributed by atoms with E-state index < -0.39 is 16.1 Å². The summed E-state index contributed by atoms with van der Waals surface area (Å²) in [6.45, 7) is 1.16. The maximum absolute atomic E-state index is 12.4. The summed E-state index contributed by atoms with van der Waals surface area (Å²) in [5, 5.41) is 22.4. The summed E-state index contributed by atoms with van der Waals surface area (Å²) in [5.41, 5.74) is 7.60. The summed E-state index contributed by atoms with van der Waals surface area (Å²) in [6, 6.07) is 19.5. The third kappa shape index (κ3) is 7.16. The Morgan fingerprint density at radius 3 is 2.25 bits per heavy atom. The topological polar surface area (TPSA) is 134 Å². The van der Waals surface area contributed by atoms with Crippen molar-refractivity contribution in [3.05, 3.63) is 78.4 Å². The van der Waals surface area contributed by atoms with Crippen molar-refractivity contribution in [2.24, 2.45) is 0 Å². The van der Waals surface area contributed by atoms with Crippen LogP contribution in [-0.2, 0) is 16.4 Å². The van der Waals surface area contributed by atoms with E-state index in [0.29, 0.717) is 30.2 Å². The monoisotopic (exact) mass is 457 g/mol. The maximum Gasteiger partial charge on any atom is 0.261 e. The van der Waals surface area contributed by atoms with Crippen LogP contribution in [0.5, 0.6) is 11.5 Å². The van der Waals surface area contributed by atoms with E-state index in [1.165, 1.54) is 24.3 Å². The van der Waals surface area contributed by atoms with Crippen LogP contribution >= 0.6 is 0 Å². The second-order valence-corrected chi connectivity index (χ2v) is 8.97. The Morgan fingerprint density at radius 2 is 1.59 bits per heavy atom. The van der Waals surface area contributed by atoms with Crippen molar-refractivity contribution in [3.63, 3.8) is 0 Å². The number of nitrogens with one attached hydrogen (secondary N) is 2. The first-order valence-electron chi connectivity index (χ1n) is 10.1. The van der Waals surface area contributed by atoms with Gasteiger partial charge in [0.15, 0.2) is 0 Å². The third-order valence-electron chi connectivity index (χ3n) is 4.65. The molecule has 0 bridgehead atoms. The Balaban J connectivity index is 1.39. The highest BCUT2D eigenvalue weighted by molar-refractivity contribution is 7.92. The number of phenols is 1. The summed E-state index contributed by atoms with van der Waals surface area (Å²) in [4.78, 5) is 0.146. The number of phenolic OH excluding ortho intramolecular Hbond substituents is 1. The molecule has 0 spiro atoms. The second kappa shape index (κ2) is 10.9. The number of nitrogen functional groups attached to an aromatic ring is 1. The van der Waals surface area contributed by atoms with Crippen molar-refractivity contribution in [2.75, 3.05) is 30.2 Å². The van der Waals surface area contributed by atoms with E-state index in [4.69, 9.17) is 10.5 Å². The zero-order valence-corrected chi connectivity index (χ0v) is 18.3. The van der Waals surface area contributed by atoms with Crippen LogP contribution in [0.15, 0.2) is 77.7 Å². The van der Waals surface area contributed by atoms with Gasteiger partial charge >= 0.3 is 0 Å². The van der Waals surface area contributed by atoms with Crippen molar-refractivity contribution >= 4 is 21.4 Å². The Hall–Kier alpha value is -3.27. The molecule has 170 valence electrons. The second-order valence-electron chi connectivity index (χ2n) is 7.28. The Morgan fingerprint density at radius 1 is 0.938 bits per heavy atom. The molecule has 9 heteroatoms. The molecular weight excluding hydrogens is 430 g/mol. The highest BCUT2D eigenvalue weighted by Gasteiger charge is 2.13. The number of aliphatic hydroxyl groups is 1. The Labute approximate surface area is 187 Å². The molecule has 32 heavy (non-hydrogen) atoms. The first-order valence-corrected chi connectivity index (χ1v) is 11.6. The van der Waals surface area contributed by atoms with E-state index >= 15 is 0 Å². The van der Waals surface area contributed by atoms with E-state index in [0.717, 1.165) is 12.0 Å². The molecule has 1 atom stereocenters. The van der Waals surface area contributed by atoms with Crippen LogP contribution < -0.4 is 20.5 Å². The fraction of sp³-hybridized carbons (Fsp3) is 0.217. The number of aliphatic hydroxyl groups excluding tert-OH is 1. The van der Waals surface area contributed by atoms with Crippen LogP contribution in [0.25, 0.3) is 0 Å². The number of hydrogen-bond donors (Lipinski definition) is 5. The number of aromatic hydroxyl groups is 1. The average molecular weight is 458 g/mol. The SMILES string of the molecule is Nc1ccc(S(=O)(=O)Nc2ccc(CCNCC(O)COc3ccc(O)cc3)cc2)cc1. The predicted octanol–water partition coefficient (Wildman–Crippen LogP) is 2.35. The number of hydrogen-bond acceptors (Lipinski definition) is 7. The minimum atomic E-state index is -3.67. The number of ether oxygens (including phenoxy) is 1. The number of rotatable bonds is 11. The summed E-state index contributed by atoms with van der Waals surface area (Å²) in [6.07, 6.45) is 0.0465. The summed E-state index contributed by atoms with van der Waals surface area (Å²) in [5.74, 6) is 0.737. The molecule has 0 radical (unpaired) electrons. The number of sulfonamides is 1. The van der Waals surface area contributed by atoms with Crippen molar-refractivity contribution in [1.82, 2.24) is 5.32 Å². The van der Waals surface area contributed by atoms with Gasteiger partial charge in [-0.25, -0.2) is 8.42 Å². The first-order chi connectivity index (χ1) is 15.3. The fourth-order valence-corrected chi connectivity index (χ4v) is 3.95. The molecule has 0 aliphatic carbocycles. The van der Waals surface area contributed by atoms with Gasteiger partial charge in [-0.2, -0.15) is 0 Å². The Kier molecular flexibility index (Phi) is 7.93. The van der Waals surface area contributed by atoms with Gasteiger partial charge in [0.1, 0.15) is 24.2 Å². The standard InChI is InChI=1S/C23H27N3O5S/c24-18-3-11-23(12-4-18)32(29,30)26-19-5-1-17(2-6-19)13-14-25-15-21(28)16-31-22-9-7-20(27)8-10-22/h1-12,21,25-28H,13-16,24H2. The molecule has 8 nitrogen and oxygen atoms in total. The largest absolute Gasteiger partial charge is 0.508 e. The van der Waals surface area contributed by atoms with Gasteiger partial charge in [0.25, 0.3) is 10.0 Å². The Bertz CT molecular complexity index is 1090. The van der Waals surface area contributed by atoms with Crippen molar-refractivity contribution in [1.29, 1.82) is 0 Å². The van der Waals surface area contributed by atoms with Crippen molar-refractivity contribution in [3.8, 4) is 11.5 Å². The van der Waals surface area contributed by atoms with E-state index in [1.54, 1.807) is 36.4 Å². The van der Waals surface area contributed by atoms with E-state index in [-0.39, 0.29) is 17.3 Å². The smallest absolute Gasteiger partial charge is 0.261 e. The van der Waals surface area contributed by atoms with Crippen LogP contribution in [0.4, 0.5) is 11.4 Å². The molecule has 0 fully saturated rings. The lowest BCUT2D eigenvalue weighted by molar-refractivity contribution is 0.106. The van der Waals surface area contributed by atoms with Gasteiger partial charge in [-0.3, -0.25) is 4.72 Å². The third-order valence-corrected chi connectivity index (χ3v) is 6.04. The first kappa shape index (κ1) is 23.4. The van der Waals surface area contributed by atoms with Crippen LogP contribution in [0.2, 0.25) is 0 Å². The summed E-state index contributed by atoms with van der Waals surface area (Å²) >= 11 is 0. The van der Waals surface area contributed by atoms with Gasteiger partial charge in [-0.05, 0) is 79.2 Å². The van der Waals surface area contributed by atoms with E-state index in [9.17, 15) is 18.6 Å². The molecule has 0 heterocycles. The predicted molar refractivity (Wildman–Crippen MR) is 124 cm³/mol. The van der Waals surface area contributed by atoms with Gasteiger partial charge in [0.05, 0.1) is 4.90 Å². The average Bonchev–Trinajstić information content (AvgIpc) is 2.77. The molecule has 6 N–H and O–H groups in total. The number of nitrogens with two attached hydrogens (primary N) is 1. The van der Waals surface area contributed by atoms with E-state index in [1.807, 2.05) is 12.1 Å². The summed E-state index contributed by atoms with van der Waals surface area (Å²) in [7, 11) is -3.67. The molecular formula is C23H27N3O5S. The highest BCUT2D eigenvalue weighted by Crippen LogP contribution is 2.18. The van der Waals surface area contributed by atoms with Gasteiger partial charge in [-0.1, -0.05) is 12.1 Å². The number of benzene rings is 3. The maximum atomic E-state index is 12.4. The quantitative estimate of drug-likeness (QED) is 0.220. The zero-order valence-electron chi connectivity index (χ0n) is 17.4. The van der Waals surface area contributed by atoms with Crippen LogP contribution in [0, 0.1) is 0 Å². The van der Waals surface area contributed by atoms with E-state index in [2.05, 4.69) is 10.0 Å². The van der Waals surface area contributed by atoms with Crippen LogP contribution in [0.3, 0.4) is 0 Å². The molecule has 0 saturated heterocycles. The molecule has 0 amide bonds. The normalized spacial score (nSPS) is 12.3. The van der Waals surface area contributed by atoms with Crippen molar-refractivity contribution in [2.45, 2.75) is 17.4 Å². The van der Waals surface area contributed by atoms with Crippen molar-refractivity contribution < 1.29 is 23.4 Å². The molecule has 0 aliphatic rings. The lowest BCUT2D eigenvalue weighted by Crippen LogP contribution is -2.32. The fourth-order valence-electron chi connectivity index (χ4n) is 2.90. The van der Waals surface area contributed by atoms with Gasteiger partial charge < -0.3 is 26.0 Å². The molecule has 3 rings (SSSR count). The minimum absolute atomic E-state index is 0.140. The number of anilines is 2. The molecule has 0 aromatic heterocycles. The van der Waals surface area contributed by atoms with Gasteiger partial charge in [0, 0.05) is 17.9 Å².